The molecule has 2 aliphatic rings. The number of ether oxygens (including phenoxy) is 2. The molecule has 0 saturated carbocycles. The predicted molar refractivity (Wildman–Crippen MR) is 287 cm³/mol. The molecule has 2 aromatic heterocycles. The van der Waals surface area contributed by atoms with Gasteiger partial charge in [-0.25, -0.2) is 18.4 Å². The third-order valence-electron chi connectivity index (χ3n) is 13.1. The molecule has 2 aliphatic heterocycles. The van der Waals surface area contributed by atoms with E-state index in [0.29, 0.717) is 54.3 Å². The summed E-state index contributed by atoms with van der Waals surface area (Å²) in [5, 5.41) is 10.5. The van der Waals surface area contributed by atoms with Crippen molar-refractivity contribution in [2.24, 2.45) is 0 Å². The van der Waals surface area contributed by atoms with Gasteiger partial charge in [-0.15, -0.1) is 0 Å². The zero-order chi connectivity index (χ0) is 52.1. The van der Waals surface area contributed by atoms with Crippen molar-refractivity contribution in [1.29, 1.82) is 0 Å². The summed E-state index contributed by atoms with van der Waals surface area (Å²) < 4.78 is 39.1. The van der Waals surface area contributed by atoms with Crippen LogP contribution < -0.4 is 0 Å². The summed E-state index contributed by atoms with van der Waals surface area (Å²) in [6, 6.07) is 30.1. The summed E-state index contributed by atoms with van der Waals surface area (Å²) in [4.78, 5) is 52.4. The summed E-state index contributed by atoms with van der Waals surface area (Å²) in [5.74, 6) is -0.623. The quantitative estimate of drug-likeness (QED) is 0.0950. The largest absolute Gasteiger partial charge is 0.450 e. The molecule has 0 unspecified atom stereocenters. The third kappa shape index (κ3) is 12.4. The summed E-state index contributed by atoms with van der Waals surface area (Å²) in [6.07, 6.45) is 0.0790. The first-order valence-corrected chi connectivity index (χ1v) is 32.3. The molecule has 0 atom stereocenters. The Morgan fingerprint density at radius 3 is 1.42 bits per heavy atom. The molecule has 0 bridgehead atoms. The van der Waals surface area contributed by atoms with Gasteiger partial charge in [-0.3, -0.25) is 24.6 Å². The lowest BCUT2D eigenvalue weighted by Gasteiger charge is -2.25. The van der Waals surface area contributed by atoms with E-state index in [0.717, 1.165) is 80.0 Å². The Morgan fingerprint density at radius 1 is 0.611 bits per heavy atom. The highest BCUT2D eigenvalue weighted by Crippen LogP contribution is 2.43. The normalized spacial score (nSPS) is 13.2. The fraction of sp³-hybridized carbons (Fsp3) is 0.362. The van der Waals surface area contributed by atoms with Crippen molar-refractivity contribution in [3.63, 3.8) is 0 Å². The average molecular weight is 1010 g/mol. The molecule has 4 aromatic carbocycles. The van der Waals surface area contributed by atoms with Crippen molar-refractivity contribution >= 4 is 34.6 Å². The van der Waals surface area contributed by atoms with Crippen LogP contribution in [-0.4, -0.2) is 72.7 Å². The van der Waals surface area contributed by atoms with Crippen LogP contribution in [-0.2, 0) is 42.3 Å². The Bertz CT molecular complexity index is 2930. The van der Waals surface area contributed by atoms with Crippen LogP contribution in [0.25, 0.3) is 44.8 Å². The molecule has 0 aliphatic carbocycles. The van der Waals surface area contributed by atoms with Crippen LogP contribution in [0.1, 0.15) is 89.1 Å². The van der Waals surface area contributed by atoms with E-state index in [2.05, 4.69) is 39.3 Å². The molecule has 0 fully saturated rings. The second-order valence-electron chi connectivity index (χ2n) is 21.8. The van der Waals surface area contributed by atoms with Gasteiger partial charge in [-0.2, -0.15) is 0 Å². The summed E-state index contributed by atoms with van der Waals surface area (Å²) in [6.45, 7) is 23.4. The van der Waals surface area contributed by atoms with Gasteiger partial charge in [0.05, 0.1) is 63.1 Å². The minimum Gasteiger partial charge on any atom is -0.450 e. The SMILES string of the molecule is CC(C)c1nc2c(c(-c3ccc(F)cc3)c1C=O)CN(C(=O)OCC[Si](C)(C)C)Cc1ccccc1-2.CC(C)c1nc2c(c(-c3ccc(F)cc3)c1CO)CN(C(=O)OCC[Si](C)(C)C)Cc1ccccc1-2. The van der Waals surface area contributed by atoms with Gasteiger partial charge >= 0.3 is 12.2 Å². The van der Waals surface area contributed by atoms with Crippen LogP contribution in [0.3, 0.4) is 0 Å². The van der Waals surface area contributed by atoms with Crippen LogP contribution in [0.2, 0.25) is 51.4 Å². The van der Waals surface area contributed by atoms with Crippen LogP contribution in [0, 0.1) is 11.6 Å². The number of aldehydes is 1. The van der Waals surface area contributed by atoms with Crippen LogP contribution in [0.5, 0.6) is 0 Å². The first kappa shape index (κ1) is 53.4. The molecular formula is C58H68F2N4O6Si2. The van der Waals surface area contributed by atoms with E-state index in [4.69, 9.17) is 19.4 Å². The molecular weight excluding hydrogens is 943 g/mol. The van der Waals surface area contributed by atoms with Crippen molar-refractivity contribution in [2.75, 3.05) is 13.2 Å². The topological polar surface area (TPSA) is 122 Å². The zero-order valence-electron chi connectivity index (χ0n) is 43.4. The molecule has 10 nitrogen and oxygen atoms in total. The lowest BCUT2D eigenvalue weighted by molar-refractivity contribution is 0.101. The number of fused-ring (bicyclic) bond motifs is 6. The number of carbonyl (C=O) groups excluding carboxylic acids is 3. The molecule has 4 heterocycles. The van der Waals surface area contributed by atoms with Gasteiger partial charge in [0, 0.05) is 60.8 Å². The van der Waals surface area contributed by atoms with Crippen LogP contribution in [0.15, 0.2) is 97.1 Å². The molecule has 8 rings (SSSR count). The number of hydrogen-bond donors (Lipinski definition) is 1. The molecule has 0 radical (unpaired) electrons. The van der Waals surface area contributed by atoms with Gasteiger partial charge in [-0.05, 0) is 76.0 Å². The number of rotatable bonds is 12. The second kappa shape index (κ2) is 22.6. The van der Waals surface area contributed by atoms with E-state index < -0.39 is 16.1 Å². The number of benzene rings is 4. The highest BCUT2D eigenvalue weighted by Gasteiger charge is 2.33. The van der Waals surface area contributed by atoms with Crippen LogP contribution >= 0.6 is 0 Å². The van der Waals surface area contributed by atoms with Gasteiger partial charge in [-0.1, -0.05) is 140 Å². The Balaban J connectivity index is 0.000000211. The summed E-state index contributed by atoms with van der Waals surface area (Å²) >= 11 is 0. The number of hydrogen-bond acceptors (Lipinski definition) is 8. The smallest absolute Gasteiger partial charge is 0.410 e. The number of aliphatic hydroxyl groups is 1. The number of pyridine rings is 2. The lowest BCUT2D eigenvalue weighted by Crippen LogP contribution is -2.32. The second-order valence-corrected chi connectivity index (χ2v) is 33.0. The van der Waals surface area contributed by atoms with E-state index in [1.165, 1.54) is 24.3 Å². The zero-order valence-corrected chi connectivity index (χ0v) is 45.4. The first-order valence-electron chi connectivity index (χ1n) is 24.9. The Labute approximate surface area is 425 Å². The van der Waals surface area contributed by atoms with E-state index >= 15 is 0 Å². The fourth-order valence-electron chi connectivity index (χ4n) is 9.22. The molecule has 2 amide bonds. The van der Waals surface area contributed by atoms with Gasteiger partial charge < -0.3 is 14.6 Å². The molecule has 0 spiro atoms. The maximum absolute atomic E-state index is 13.8. The summed E-state index contributed by atoms with van der Waals surface area (Å²) in [5.41, 5.74) is 12.6. The minimum absolute atomic E-state index is 0.00672. The van der Waals surface area contributed by atoms with Gasteiger partial charge in [0.1, 0.15) is 11.6 Å². The van der Waals surface area contributed by atoms with Gasteiger partial charge in [0.25, 0.3) is 0 Å². The van der Waals surface area contributed by atoms with Gasteiger partial charge in [0.15, 0.2) is 6.29 Å². The van der Waals surface area contributed by atoms with E-state index in [1.807, 2.05) is 76.2 Å². The van der Waals surface area contributed by atoms with Gasteiger partial charge in [0.2, 0.25) is 0 Å². The standard InChI is InChI=1S/C29H35FN2O3Si.C29H33FN2O3Si/c2*1-19(2)27-25(18-33)26(20-10-12-22(30)13-11-20)24-17-32(29(34)35-14-15-36(3,4)5)16-21-8-6-7-9-23(21)28(24)31-27/h6-13,19,33H,14-18H2,1-5H3;6-13,18-19H,14-17H2,1-5H3. The Hall–Kier alpha value is -6.36. The van der Waals surface area contributed by atoms with E-state index in [9.17, 15) is 28.3 Å². The molecule has 378 valence electrons. The van der Waals surface area contributed by atoms with Crippen molar-refractivity contribution < 1.29 is 37.7 Å². The summed E-state index contributed by atoms with van der Waals surface area (Å²) in [7, 11) is -2.71. The highest BCUT2D eigenvalue weighted by atomic mass is 28.3. The number of carbonyl (C=O) groups is 3. The van der Waals surface area contributed by atoms with Crippen LogP contribution in [0.4, 0.5) is 18.4 Å². The number of halogens is 2. The number of aromatic nitrogens is 2. The lowest BCUT2D eigenvalue weighted by atomic mass is 9.88. The number of amides is 2. The fourth-order valence-corrected chi connectivity index (χ4v) is 10.6. The molecule has 72 heavy (non-hydrogen) atoms. The average Bonchev–Trinajstić information content (AvgIpc) is 3.61. The molecule has 0 saturated heterocycles. The Kier molecular flexibility index (Phi) is 16.8. The van der Waals surface area contributed by atoms with Crippen molar-refractivity contribution in [3.05, 3.63) is 153 Å². The van der Waals surface area contributed by atoms with E-state index in [-0.39, 0.29) is 55.4 Å². The Morgan fingerprint density at radius 2 is 1.01 bits per heavy atom. The number of nitrogens with zero attached hydrogens (tertiary/aromatic N) is 4. The third-order valence-corrected chi connectivity index (χ3v) is 16.5. The molecule has 14 heteroatoms. The molecule has 1 N–H and O–H groups in total. The highest BCUT2D eigenvalue weighted by molar-refractivity contribution is 6.76. The predicted octanol–water partition coefficient (Wildman–Crippen LogP) is 14.2. The van der Waals surface area contributed by atoms with E-state index in [1.54, 1.807) is 34.1 Å². The first-order chi connectivity index (χ1) is 34.2. The monoisotopic (exact) mass is 1010 g/mol. The maximum Gasteiger partial charge on any atom is 0.410 e. The number of aliphatic hydroxyl groups excluding tert-OH is 1. The van der Waals surface area contributed by atoms with Crippen molar-refractivity contribution in [3.8, 4) is 44.8 Å². The van der Waals surface area contributed by atoms with Crippen molar-refractivity contribution in [1.82, 2.24) is 19.8 Å². The maximum atomic E-state index is 13.8. The minimum atomic E-state index is -1.36. The van der Waals surface area contributed by atoms with Crippen molar-refractivity contribution in [2.45, 2.75) is 124 Å². The molecule has 6 aromatic rings.